The van der Waals surface area contributed by atoms with E-state index in [4.69, 9.17) is 9.72 Å². The lowest BCUT2D eigenvalue weighted by atomic mass is 10.1. The Morgan fingerprint density at radius 3 is 2.70 bits per heavy atom. The first-order chi connectivity index (χ1) is 16.2. The molecule has 2 N–H and O–H groups in total. The molecule has 33 heavy (non-hydrogen) atoms. The number of amides is 1. The molecule has 1 unspecified atom stereocenters. The summed E-state index contributed by atoms with van der Waals surface area (Å²) in [6.45, 7) is 4.66. The molecule has 2 aromatic heterocycles. The molecule has 0 aliphatic carbocycles. The average Bonchev–Trinajstić information content (AvgIpc) is 3.24. The third-order valence-corrected chi connectivity index (χ3v) is 7.73. The van der Waals surface area contributed by atoms with Crippen LogP contribution in [-0.2, 0) is 9.53 Å². The van der Waals surface area contributed by atoms with Gasteiger partial charge in [-0.15, -0.1) is 0 Å². The topological polar surface area (TPSA) is 84.9 Å². The fourth-order valence-electron chi connectivity index (χ4n) is 4.63. The molecule has 3 fully saturated rings. The number of rotatable bonds is 5. The number of fused-ring (bicyclic) bond motifs is 1. The predicted octanol–water partition coefficient (Wildman–Crippen LogP) is 2.35. The minimum absolute atomic E-state index is 0.0881. The van der Waals surface area contributed by atoms with E-state index < -0.39 is 0 Å². The number of carbonyl (C=O) groups is 1. The van der Waals surface area contributed by atoms with Crippen molar-refractivity contribution >= 4 is 34.6 Å². The number of morpholine rings is 1. The van der Waals surface area contributed by atoms with Crippen molar-refractivity contribution in [2.45, 2.75) is 23.5 Å². The molecule has 5 heterocycles. The van der Waals surface area contributed by atoms with E-state index in [1.54, 1.807) is 11.9 Å². The predicted molar refractivity (Wildman–Crippen MR) is 128 cm³/mol. The number of aliphatic hydroxyl groups is 1. The van der Waals surface area contributed by atoms with Crippen LogP contribution in [0.25, 0.3) is 22.2 Å². The van der Waals surface area contributed by atoms with Crippen LogP contribution in [-0.4, -0.2) is 88.3 Å². The summed E-state index contributed by atoms with van der Waals surface area (Å²) in [5, 5.41) is 11.0. The Balaban J connectivity index is 1.26. The Bertz CT molecular complexity index is 1140. The molecule has 1 atom stereocenters. The van der Waals surface area contributed by atoms with Crippen LogP contribution < -0.4 is 4.90 Å². The molecule has 8 nitrogen and oxygen atoms in total. The number of aromatic nitrogens is 2. The van der Waals surface area contributed by atoms with Crippen molar-refractivity contribution in [1.29, 1.82) is 0 Å². The molecule has 0 spiro atoms. The van der Waals surface area contributed by atoms with Crippen LogP contribution in [0.4, 0.5) is 5.82 Å². The zero-order valence-corrected chi connectivity index (χ0v) is 19.1. The maximum absolute atomic E-state index is 13.0. The molecule has 0 bridgehead atoms. The summed E-state index contributed by atoms with van der Waals surface area (Å²) in [5.74, 6) is 1.08. The monoisotopic (exact) mass is 465 g/mol. The van der Waals surface area contributed by atoms with Gasteiger partial charge in [0.25, 0.3) is 0 Å². The van der Waals surface area contributed by atoms with Crippen LogP contribution in [0.3, 0.4) is 0 Å². The summed E-state index contributed by atoms with van der Waals surface area (Å²) in [4.78, 5) is 26.3. The number of ether oxygens (including phenoxy) is 1. The summed E-state index contributed by atoms with van der Waals surface area (Å²) >= 11 is 1.60. The van der Waals surface area contributed by atoms with Crippen molar-refractivity contribution < 1.29 is 14.6 Å². The van der Waals surface area contributed by atoms with E-state index in [1.807, 2.05) is 23.2 Å². The fraction of sp³-hybridized carbons (Fsp3) is 0.417. The van der Waals surface area contributed by atoms with Crippen molar-refractivity contribution in [2.75, 3.05) is 50.8 Å². The van der Waals surface area contributed by atoms with Gasteiger partial charge in [0.05, 0.1) is 25.0 Å². The van der Waals surface area contributed by atoms with Gasteiger partial charge in [0.2, 0.25) is 5.91 Å². The lowest BCUT2D eigenvalue weighted by molar-refractivity contribution is -0.142. The number of nitrogens with one attached hydrogen (secondary N) is 1. The van der Waals surface area contributed by atoms with Gasteiger partial charge in [-0.05, 0) is 36.6 Å². The first-order valence-corrected chi connectivity index (χ1v) is 12.3. The average molecular weight is 466 g/mol. The van der Waals surface area contributed by atoms with Gasteiger partial charge >= 0.3 is 0 Å². The van der Waals surface area contributed by atoms with Crippen molar-refractivity contribution in [3.05, 3.63) is 42.6 Å². The van der Waals surface area contributed by atoms with E-state index in [0.717, 1.165) is 45.8 Å². The maximum atomic E-state index is 13.0. The molecule has 3 aliphatic heterocycles. The second-order valence-electron chi connectivity index (χ2n) is 8.85. The van der Waals surface area contributed by atoms with Crippen LogP contribution >= 0.6 is 11.9 Å². The van der Waals surface area contributed by atoms with E-state index in [0.29, 0.717) is 39.4 Å². The molecule has 3 aromatic rings. The Morgan fingerprint density at radius 2 is 1.97 bits per heavy atom. The molecular formula is C24H27N5O3S. The molecule has 1 amide bonds. The largest absolute Gasteiger partial charge is 0.389 e. The number of nitrogens with zero attached hydrogens (tertiary/aromatic N) is 4. The molecule has 0 saturated carbocycles. The zero-order valence-electron chi connectivity index (χ0n) is 18.3. The number of para-hydroxylation sites is 1. The van der Waals surface area contributed by atoms with Crippen molar-refractivity contribution in [3.8, 4) is 11.3 Å². The Kier molecular flexibility index (Phi) is 5.49. The Hall–Kier alpha value is -2.59. The molecule has 9 heteroatoms. The van der Waals surface area contributed by atoms with E-state index in [9.17, 15) is 9.90 Å². The number of H-pyrrole nitrogens is 1. The number of β-amino-alcohol motifs (C(OH)–C–C–N with tert-alkyl or cyclic N) is 1. The fourth-order valence-corrected chi connectivity index (χ4v) is 5.70. The summed E-state index contributed by atoms with van der Waals surface area (Å²) in [6.07, 6.45) is 2.46. The highest BCUT2D eigenvalue weighted by molar-refractivity contribution is 7.97. The van der Waals surface area contributed by atoms with Gasteiger partial charge in [-0.1, -0.05) is 18.2 Å². The third kappa shape index (κ3) is 3.99. The Morgan fingerprint density at radius 1 is 1.15 bits per heavy atom. The van der Waals surface area contributed by atoms with Crippen molar-refractivity contribution in [3.63, 3.8) is 0 Å². The van der Waals surface area contributed by atoms with Gasteiger partial charge in [0.15, 0.2) is 0 Å². The summed E-state index contributed by atoms with van der Waals surface area (Å²) in [6, 6.07) is 12.4. The number of anilines is 1. The first-order valence-electron chi connectivity index (χ1n) is 11.5. The number of aliphatic hydroxyl groups excluding tert-OH is 1. The summed E-state index contributed by atoms with van der Waals surface area (Å²) in [7, 11) is 0. The molecule has 3 saturated heterocycles. The summed E-state index contributed by atoms with van der Waals surface area (Å²) < 4.78 is 7.55. The SMILES string of the molecule is O=C(C1CCN1Sc1cnc(N2CC(O)C2)c(-c2cc3ccccc3[nH]2)c1)N1CCOCC1. The Labute approximate surface area is 196 Å². The van der Waals surface area contributed by atoms with Gasteiger partial charge in [0.1, 0.15) is 11.9 Å². The second-order valence-corrected chi connectivity index (χ2v) is 9.97. The highest BCUT2D eigenvalue weighted by Gasteiger charge is 2.38. The number of hydrogen-bond donors (Lipinski definition) is 2. The van der Waals surface area contributed by atoms with Gasteiger partial charge < -0.3 is 24.6 Å². The normalized spacial score (nSPS) is 21.8. The van der Waals surface area contributed by atoms with Crippen LogP contribution in [0.5, 0.6) is 0 Å². The molecule has 0 radical (unpaired) electrons. The van der Waals surface area contributed by atoms with Crippen molar-refractivity contribution in [2.24, 2.45) is 0 Å². The van der Waals surface area contributed by atoms with Gasteiger partial charge in [-0.3, -0.25) is 4.79 Å². The quantitative estimate of drug-likeness (QED) is 0.560. The van der Waals surface area contributed by atoms with E-state index in [-0.39, 0.29) is 18.1 Å². The lowest BCUT2D eigenvalue weighted by Gasteiger charge is -2.42. The molecule has 172 valence electrons. The maximum Gasteiger partial charge on any atom is 0.241 e. The zero-order chi connectivity index (χ0) is 22.4. The second kappa shape index (κ2) is 8.64. The highest BCUT2D eigenvalue weighted by Crippen LogP contribution is 2.39. The van der Waals surface area contributed by atoms with Crippen LogP contribution in [0.1, 0.15) is 6.42 Å². The van der Waals surface area contributed by atoms with Gasteiger partial charge in [-0.2, -0.15) is 0 Å². The van der Waals surface area contributed by atoms with E-state index in [2.05, 4.69) is 38.5 Å². The third-order valence-electron chi connectivity index (χ3n) is 6.62. The summed E-state index contributed by atoms with van der Waals surface area (Å²) in [5.41, 5.74) is 3.10. The van der Waals surface area contributed by atoms with Gasteiger partial charge in [0, 0.05) is 60.3 Å². The smallest absolute Gasteiger partial charge is 0.241 e. The number of pyridine rings is 1. The minimum Gasteiger partial charge on any atom is -0.389 e. The molecule has 6 rings (SSSR count). The number of hydrogen-bond acceptors (Lipinski definition) is 7. The molecular weight excluding hydrogens is 438 g/mol. The first kappa shape index (κ1) is 21.0. The van der Waals surface area contributed by atoms with Crippen LogP contribution in [0, 0.1) is 0 Å². The minimum atomic E-state index is -0.301. The standard InChI is InChI=1S/C24H27N5O3S/c30-17-14-28(15-17)23-19(21-11-16-3-1-2-4-20(16)26-21)12-18(13-25-23)33-29-6-5-22(29)24(31)27-7-9-32-10-8-27/h1-4,11-13,17,22,26,30H,5-10,14-15H2. The number of benzene rings is 1. The van der Waals surface area contributed by atoms with E-state index >= 15 is 0 Å². The highest BCUT2D eigenvalue weighted by atomic mass is 32.2. The van der Waals surface area contributed by atoms with Crippen LogP contribution in [0.15, 0.2) is 47.5 Å². The number of aromatic amines is 1. The van der Waals surface area contributed by atoms with E-state index in [1.165, 1.54) is 0 Å². The van der Waals surface area contributed by atoms with Gasteiger partial charge in [-0.25, -0.2) is 9.29 Å². The number of carbonyl (C=O) groups excluding carboxylic acids is 1. The van der Waals surface area contributed by atoms with Crippen molar-refractivity contribution in [1.82, 2.24) is 19.2 Å². The van der Waals surface area contributed by atoms with Crippen LogP contribution in [0.2, 0.25) is 0 Å². The molecule has 3 aliphatic rings. The molecule has 1 aromatic carbocycles. The lowest BCUT2D eigenvalue weighted by Crippen LogP contribution is -2.56.